The maximum Gasteiger partial charge on any atom is 0.221 e. The fourth-order valence-corrected chi connectivity index (χ4v) is 2.65. The van der Waals surface area contributed by atoms with Crippen LogP contribution in [0.3, 0.4) is 0 Å². The number of nitrogens with two attached hydrogens (primary N) is 1. The molecule has 1 heterocycles. The molecule has 18 heavy (non-hydrogen) atoms. The molecule has 0 aliphatic heterocycles. The van der Waals surface area contributed by atoms with E-state index in [1.807, 2.05) is 0 Å². The van der Waals surface area contributed by atoms with Gasteiger partial charge in [0.15, 0.2) is 0 Å². The van der Waals surface area contributed by atoms with Crippen molar-refractivity contribution in [1.82, 2.24) is 5.32 Å². The number of hydrogen-bond donors (Lipinski definition) is 2. The van der Waals surface area contributed by atoms with Crippen molar-refractivity contribution in [2.75, 3.05) is 6.54 Å². The molecule has 0 aliphatic rings. The van der Waals surface area contributed by atoms with Crippen LogP contribution >= 0.6 is 11.3 Å². The molecule has 1 atom stereocenters. The van der Waals surface area contributed by atoms with E-state index in [9.17, 15) is 4.79 Å². The van der Waals surface area contributed by atoms with Crippen molar-refractivity contribution in [3.8, 4) is 0 Å². The number of amides is 1. The SMILES string of the molecule is CC(C)(C)CC(N)CC(=O)NCCc1ccsc1. The largest absolute Gasteiger partial charge is 0.356 e. The van der Waals surface area contributed by atoms with Gasteiger partial charge < -0.3 is 11.1 Å². The zero-order chi connectivity index (χ0) is 13.6. The first-order valence-electron chi connectivity index (χ1n) is 6.40. The van der Waals surface area contributed by atoms with Gasteiger partial charge in [0.2, 0.25) is 5.91 Å². The monoisotopic (exact) mass is 268 g/mol. The lowest BCUT2D eigenvalue weighted by Crippen LogP contribution is -2.34. The Morgan fingerprint density at radius 2 is 2.22 bits per heavy atom. The molecule has 0 saturated heterocycles. The first-order chi connectivity index (χ1) is 8.37. The first-order valence-corrected chi connectivity index (χ1v) is 7.34. The number of thiophene rings is 1. The van der Waals surface area contributed by atoms with Gasteiger partial charge in [-0.2, -0.15) is 11.3 Å². The molecule has 0 aliphatic carbocycles. The van der Waals surface area contributed by atoms with Crippen LogP contribution in [0.2, 0.25) is 0 Å². The molecular formula is C14H24N2OS. The average molecular weight is 268 g/mol. The molecule has 4 heteroatoms. The highest BCUT2D eigenvalue weighted by Gasteiger charge is 2.17. The molecule has 3 N–H and O–H groups in total. The van der Waals surface area contributed by atoms with E-state index in [2.05, 4.69) is 42.9 Å². The second-order valence-electron chi connectivity index (χ2n) is 5.96. The molecule has 0 aromatic carbocycles. The zero-order valence-corrected chi connectivity index (χ0v) is 12.3. The number of carbonyl (C=O) groups is 1. The molecule has 0 spiro atoms. The van der Waals surface area contributed by atoms with E-state index < -0.39 is 0 Å². The van der Waals surface area contributed by atoms with Gasteiger partial charge in [0.05, 0.1) is 0 Å². The zero-order valence-electron chi connectivity index (χ0n) is 11.5. The van der Waals surface area contributed by atoms with Gasteiger partial charge >= 0.3 is 0 Å². The minimum Gasteiger partial charge on any atom is -0.356 e. The van der Waals surface area contributed by atoms with Crippen LogP contribution in [0, 0.1) is 5.41 Å². The third-order valence-corrected chi connectivity index (χ3v) is 3.37. The molecule has 0 radical (unpaired) electrons. The van der Waals surface area contributed by atoms with Gasteiger partial charge in [0.25, 0.3) is 0 Å². The molecule has 1 aromatic rings. The van der Waals surface area contributed by atoms with Crippen LogP contribution in [0.25, 0.3) is 0 Å². The number of carbonyl (C=O) groups excluding carboxylic acids is 1. The van der Waals surface area contributed by atoms with Crippen molar-refractivity contribution in [3.05, 3.63) is 22.4 Å². The fourth-order valence-electron chi connectivity index (χ4n) is 1.95. The molecule has 1 unspecified atom stereocenters. The summed E-state index contributed by atoms with van der Waals surface area (Å²) in [6.45, 7) is 7.11. The summed E-state index contributed by atoms with van der Waals surface area (Å²) >= 11 is 1.68. The maximum absolute atomic E-state index is 11.7. The van der Waals surface area contributed by atoms with E-state index >= 15 is 0 Å². The third-order valence-electron chi connectivity index (χ3n) is 2.64. The number of hydrogen-bond acceptors (Lipinski definition) is 3. The summed E-state index contributed by atoms with van der Waals surface area (Å²) < 4.78 is 0. The third kappa shape index (κ3) is 6.77. The van der Waals surface area contributed by atoms with E-state index in [0.29, 0.717) is 13.0 Å². The quantitative estimate of drug-likeness (QED) is 0.833. The Kier molecular flexibility index (Phi) is 5.82. The summed E-state index contributed by atoms with van der Waals surface area (Å²) in [4.78, 5) is 11.7. The summed E-state index contributed by atoms with van der Waals surface area (Å²) in [5.41, 5.74) is 7.42. The molecule has 1 aromatic heterocycles. The Balaban J connectivity index is 2.17. The Labute approximate surface area is 114 Å². The van der Waals surface area contributed by atoms with Gasteiger partial charge in [0, 0.05) is 19.0 Å². The van der Waals surface area contributed by atoms with E-state index in [-0.39, 0.29) is 17.4 Å². The lowest BCUT2D eigenvalue weighted by atomic mass is 9.87. The molecular weight excluding hydrogens is 244 g/mol. The predicted octanol–water partition coefficient (Wildman–Crippen LogP) is 2.56. The van der Waals surface area contributed by atoms with Crippen LogP contribution in [0.15, 0.2) is 16.8 Å². The molecule has 0 fully saturated rings. The van der Waals surface area contributed by atoms with Crippen LogP contribution in [-0.4, -0.2) is 18.5 Å². The van der Waals surface area contributed by atoms with Crippen molar-refractivity contribution in [2.45, 2.75) is 46.1 Å². The van der Waals surface area contributed by atoms with Crippen LogP contribution in [0.5, 0.6) is 0 Å². The van der Waals surface area contributed by atoms with Crippen LogP contribution < -0.4 is 11.1 Å². The Morgan fingerprint density at radius 3 is 2.78 bits per heavy atom. The van der Waals surface area contributed by atoms with Gasteiger partial charge in [-0.3, -0.25) is 4.79 Å². The molecule has 0 bridgehead atoms. The predicted molar refractivity (Wildman–Crippen MR) is 77.7 cm³/mol. The van der Waals surface area contributed by atoms with Crippen molar-refractivity contribution in [1.29, 1.82) is 0 Å². The smallest absolute Gasteiger partial charge is 0.221 e. The average Bonchev–Trinajstić information content (AvgIpc) is 2.66. The molecule has 3 nitrogen and oxygen atoms in total. The molecule has 0 saturated carbocycles. The van der Waals surface area contributed by atoms with Gasteiger partial charge in [-0.15, -0.1) is 0 Å². The second-order valence-corrected chi connectivity index (χ2v) is 6.74. The summed E-state index contributed by atoms with van der Waals surface area (Å²) in [7, 11) is 0. The Morgan fingerprint density at radius 1 is 1.50 bits per heavy atom. The van der Waals surface area contributed by atoms with E-state index in [1.54, 1.807) is 11.3 Å². The fraction of sp³-hybridized carbons (Fsp3) is 0.643. The highest BCUT2D eigenvalue weighted by atomic mass is 32.1. The Bertz CT molecular complexity index is 354. The van der Waals surface area contributed by atoms with E-state index in [0.717, 1.165) is 12.8 Å². The van der Waals surface area contributed by atoms with Gasteiger partial charge in [-0.05, 0) is 40.6 Å². The summed E-state index contributed by atoms with van der Waals surface area (Å²) in [6.07, 6.45) is 2.18. The summed E-state index contributed by atoms with van der Waals surface area (Å²) in [5.74, 6) is 0.0574. The topological polar surface area (TPSA) is 55.1 Å². The summed E-state index contributed by atoms with van der Waals surface area (Å²) in [6, 6.07) is 2.04. The van der Waals surface area contributed by atoms with Gasteiger partial charge in [-0.1, -0.05) is 20.8 Å². The molecule has 1 amide bonds. The standard InChI is InChI=1S/C14H24N2OS/c1-14(2,3)9-12(15)8-13(17)16-6-4-11-5-7-18-10-11/h5,7,10,12H,4,6,8-9,15H2,1-3H3,(H,16,17). The highest BCUT2D eigenvalue weighted by molar-refractivity contribution is 7.07. The lowest BCUT2D eigenvalue weighted by Gasteiger charge is -2.22. The highest BCUT2D eigenvalue weighted by Crippen LogP contribution is 2.20. The normalized spacial score (nSPS) is 13.3. The lowest BCUT2D eigenvalue weighted by molar-refractivity contribution is -0.121. The van der Waals surface area contributed by atoms with Gasteiger partial charge in [-0.25, -0.2) is 0 Å². The van der Waals surface area contributed by atoms with E-state index in [1.165, 1.54) is 5.56 Å². The summed E-state index contributed by atoms with van der Waals surface area (Å²) in [5, 5.41) is 7.08. The first kappa shape index (κ1) is 15.2. The van der Waals surface area contributed by atoms with Crippen molar-refractivity contribution in [3.63, 3.8) is 0 Å². The van der Waals surface area contributed by atoms with Crippen LogP contribution in [0.4, 0.5) is 0 Å². The van der Waals surface area contributed by atoms with Crippen molar-refractivity contribution >= 4 is 17.2 Å². The minimum atomic E-state index is -0.0499. The van der Waals surface area contributed by atoms with Crippen molar-refractivity contribution in [2.24, 2.45) is 11.1 Å². The van der Waals surface area contributed by atoms with Crippen LogP contribution in [0.1, 0.15) is 39.2 Å². The van der Waals surface area contributed by atoms with E-state index in [4.69, 9.17) is 5.73 Å². The van der Waals surface area contributed by atoms with Gasteiger partial charge in [0.1, 0.15) is 0 Å². The molecule has 1 rings (SSSR count). The second kappa shape index (κ2) is 6.90. The minimum absolute atomic E-state index is 0.0499. The Hall–Kier alpha value is -0.870. The number of rotatable bonds is 6. The van der Waals surface area contributed by atoms with Crippen molar-refractivity contribution < 1.29 is 4.79 Å². The maximum atomic E-state index is 11.7. The number of nitrogens with one attached hydrogen (secondary N) is 1. The van der Waals surface area contributed by atoms with Crippen LogP contribution in [-0.2, 0) is 11.2 Å². The molecule has 102 valence electrons.